The SMILES string of the molecule is O=Cc1ccc(C2(O)CCCCC2)cc1.O=Cc1ccc(C2(O)CCCCC2)cc1. The molecule has 2 fully saturated rings. The fourth-order valence-corrected chi connectivity index (χ4v) is 4.59. The maximum Gasteiger partial charge on any atom is 0.150 e. The van der Waals surface area contributed by atoms with Gasteiger partial charge >= 0.3 is 0 Å². The minimum atomic E-state index is -0.653. The van der Waals surface area contributed by atoms with E-state index in [1.807, 2.05) is 24.3 Å². The highest BCUT2D eigenvalue weighted by Crippen LogP contribution is 2.37. The largest absolute Gasteiger partial charge is 0.385 e. The van der Waals surface area contributed by atoms with Crippen molar-refractivity contribution in [3.05, 3.63) is 70.8 Å². The molecule has 4 heteroatoms. The van der Waals surface area contributed by atoms with Gasteiger partial charge in [-0.3, -0.25) is 9.59 Å². The molecule has 0 radical (unpaired) electrons. The Morgan fingerprint density at radius 2 is 0.833 bits per heavy atom. The van der Waals surface area contributed by atoms with Crippen LogP contribution < -0.4 is 0 Å². The van der Waals surface area contributed by atoms with Crippen LogP contribution in [0.25, 0.3) is 0 Å². The predicted molar refractivity (Wildman–Crippen MR) is 118 cm³/mol. The van der Waals surface area contributed by atoms with E-state index in [0.717, 1.165) is 75.1 Å². The normalized spacial score (nSPS) is 19.8. The molecule has 0 unspecified atom stereocenters. The Morgan fingerprint density at radius 3 is 1.10 bits per heavy atom. The van der Waals surface area contributed by atoms with Crippen molar-refractivity contribution < 1.29 is 19.8 Å². The van der Waals surface area contributed by atoms with Crippen molar-refractivity contribution in [3.63, 3.8) is 0 Å². The van der Waals surface area contributed by atoms with Crippen LogP contribution >= 0.6 is 0 Å². The summed E-state index contributed by atoms with van der Waals surface area (Å²) in [6.07, 6.45) is 11.8. The smallest absolute Gasteiger partial charge is 0.150 e. The van der Waals surface area contributed by atoms with Gasteiger partial charge in [0.05, 0.1) is 11.2 Å². The molecule has 0 amide bonds. The molecular formula is C26H32O4. The Kier molecular flexibility index (Phi) is 7.57. The first-order chi connectivity index (χ1) is 14.5. The van der Waals surface area contributed by atoms with E-state index in [9.17, 15) is 19.8 Å². The minimum absolute atomic E-state index is 0.653. The summed E-state index contributed by atoms with van der Waals surface area (Å²) in [5.74, 6) is 0. The van der Waals surface area contributed by atoms with Gasteiger partial charge in [0.25, 0.3) is 0 Å². The lowest BCUT2D eigenvalue weighted by Crippen LogP contribution is -2.28. The predicted octanol–water partition coefficient (Wildman–Crippen LogP) is 5.30. The minimum Gasteiger partial charge on any atom is -0.385 e. The highest BCUT2D eigenvalue weighted by atomic mass is 16.3. The monoisotopic (exact) mass is 408 g/mol. The van der Waals surface area contributed by atoms with E-state index in [0.29, 0.717) is 11.1 Å². The van der Waals surface area contributed by atoms with E-state index in [1.54, 1.807) is 24.3 Å². The maximum atomic E-state index is 10.5. The van der Waals surface area contributed by atoms with Crippen LogP contribution in [0.15, 0.2) is 48.5 Å². The van der Waals surface area contributed by atoms with Gasteiger partial charge in [0.1, 0.15) is 12.6 Å². The van der Waals surface area contributed by atoms with Crippen molar-refractivity contribution in [1.29, 1.82) is 0 Å². The molecule has 0 aliphatic heterocycles. The lowest BCUT2D eigenvalue weighted by atomic mass is 9.79. The number of hydrogen-bond acceptors (Lipinski definition) is 4. The third-order valence-electron chi connectivity index (χ3n) is 6.53. The van der Waals surface area contributed by atoms with Crippen LogP contribution in [0.5, 0.6) is 0 Å². The van der Waals surface area contributed by atoms with Crippen LogP contribution in [0.3, 0.4) is 0 Å². The fourth-order valence-electron chi connectivity index (χ4n) is 4.59. The molecule has 0 heterocycles. The molecular weight excluding hydrogens is 376 g/mol. The average Bonchev–Trinajstić information content (AvgIpc) is 2.80. The zero-order valence-electron chi connectivity index (χ0n) is 17.6. The maximum absolute atomic E-state index is 10.5. The van der Waals surface area contributed by atoms with Crippen LogP contribution in [0.2, 0.25) is 0 Å². The Morgan fingerprint density at radius 1 is 0.533 bits per heavy atom. The molecule has 2 aromatic rings. The Bertz CT molecular complexity index is 740. The Labute approximate surface area is 179 Å². The molecule has 0 saturated heterocycles. The van der Waals surface area contributed by atoms with Crippen molar-refractivity contribution >= 4 is 12.6 Å². The van der Waals surface area contributed by atoms with Gasteiger partial charge in [0, 0.05) is 11.1 Å². The second-order valence-corrected chi connectivity index (χ2v) is 8.66. The third-order valence-corrected chi connectivity index (χ3v) is 6.53. The summed E-state index contributed by atoms with van der Waals surface area (Å²) in [6, 6.07) is 14.6. The third kappa shape index (κ3) is 5.44. The van der Waals surface area contributed by atoms with Crippen LogP contribution in [0.4, 0.5) is 0 Å². The molecule has 160 valence electrons. The van der Waals surface area contributed by atoms with Gasteiger partial charge in [0.2, 0.25) is 0 Å². The van der Waals surface area contributed by atoms with Gasteiger partial charge < -0.3 is 10.2 Å². The van der Waals surface area contributed by atoms with E-state index < -0.39 is 11.2 Å². The molecule has 0 bridgehead atoms. The molecule has 4 nitrogen and oxygen atoms in total. The van der Waals surface area contributed by atoms with Crippen LogP contribution in [0.1, 0.15) is 96.1 Å². The molecule has 2 saturated carbocycles. The second-order valence-electron chi connectivity index (χ2n) is 8.66. The number of rotatable bonds is 4. The van der Waals surface area contributed by atoms with Crippen molar-refractivity contribution in [2.24, 2.45) is 0 Å². The zero-order valence-corrected chi connectivity index (χ0v) is 17.6. The number of benzene rings is 2. The fraction of sp³-hybridized carbons (Fsp3) is 0.462. The van der Waals surface area contributed by atoms with E-state index in [4.69, 9.17) is 0 Å². The summed E-state index contributed by atoms with van der Waals surface area (Å²) < 4.78 is 0. The molecule has 0 atom stereocenters. The highest BCUT2D eigenvalue weighted by molar-refractivity contribution is 5.75. The first-order valence-corrected chi connectivity index (χ1v) is 11.1. The lowest BCUT2D eigenvalue weighted by Gasteiger charge is -2.32. The second kappa shape index (κ2) is 10.1. The van der Waals surface area contributed by atoms with Crippen molar-refractivity contribution in [2.45, 2.75) is 75.4 Å². The van der Waals surface area contributed by atoms with Crippen molar-refractivity contribution in [2.75, 3.05) is 0 Å². The van der Waals surface area contributed by atoms with Gasteiger partial charge in [0.15, 0.2) is 0 Å². The van der Waals surface area contributed by atoms with Crippen molar-refractivity contribution in [3.8, 4) is 0 Å². The number of carbonyl (C=O) groups is 2. The Balaban J connectivity index is 0.000000171. The molecule has 0 aromatic heterocycles. The zero-order chi connectivity index (χ0) is 21.5. The van der Waals surface area contributed by atoms with Gasteiger partial charge in [-0.25, -0.2) is 0 Å². The van der Waals surface area contributed by atoms with E-state index in [1.165, 1.54) is 12.8 Å². The average molecular weight is 409 g/mol. The van der Waals surface area contributed by atoms with Crippen LogP contribution in [-0.2, 0) is 11.2 Å². The molecule has 2 aliphatic carbocycles. The summed E-state index contributed by atoms with van der Waals surface area (Å²) in [5.41, 5.74) is 1.93. The van der Waals surface area contributed by atoms with E-state index in [-0.39, 0.29) is 0 Å². The van der Waals surface area contributed by atoms with E-state index >= 15 is 0 Å². The number of aldehydes is 2. The first-order valence-electron chi connectivity index (χ1n) is 11.1. The molecule has 2 N–H and O–H groups in total. The first kappa shape index (κ1) is 22.4. The standard InChI is InChI=1S/2C13H16O2/c2*14-10-11-4-6-12(7-5-11)13(15)8-2-1-3-9-13/h2*4-7,10,15H,1-3,8-9H2. The number of carbonyl (C=O) groups excluding carboxylic acids is 2. The summed E-state index contributed by atoms with van der Waals surface area (Å²) in [7, 11) is 0. The molecule has 0 spiro atoms. The van der Waals surface area contributed by atoms with E-state index in [2.05, 4.69) is 0 Å². The summed E-state index contributed by atoms with van der Waals surface area (Å²) in [4.78, 5) is 21.0. The summed E-state index contributed by atoms with van der Waals surface area (Å²) in [5, 5.41) is 20.8. The lowest BCUT2D eigenvalue weighted by molar-refractivity contribution is -0.000974. The van der Waals surface area contributed by atoms with Gasteiger partial charge in [-0.1, -0.05) is 87.1 Å². The molecule has 2 aliphatic rings. The van der Waals surface area contributed by atoms with Crippen molar-refractivity contribution in [1.82, 2.24) is 0 Å². The van der Waals surface area contributed by atoms with Gasteiger partial charge in [-0.15, -0.1) is 0 Å². The quantitative estimate of drug-likeness (QED) is 0.673. The number of aliphatic hydroxyl groups is 2. The van der Waals surface area contributed by atoms with Gasteiger partial charge in [-0.05, 0) is 36.8 Å². The molecule has 30 heavy (non-hydrogen) atoms. The summed E-state index contributed by atoms with van der Waals surface area (Å²) in [6.45, 7) is 0. The van der Waals surface area contributed by atoms with Gasteiger partial charge in [-0.2, -0.15) is 0 Å². The van der Waals surface area contributed by atoms with Crippen LogP contribution in [-0.4, -0.2) is 22.8 Å². The molecule has 2 aromatic carbocycles. The molecule has 4 rings (SSSR count). The van der Waals surface area contributed by atoms with Crippen LogP contribution in [0, 0.1) is 0 Å². The number of hydrogen-bond donors (Lipinski definition) is 2. The summed E-state index contributed by atoms with van der Waals surface area (Å²) >= 11 is 0. The Hall–Kier alpha value is -2.30. The highest BCUT2D eigenvalue weighted by Gasteiger charge is 2.31. The topological polar surface area (TPSA) is 74.6 Å².